The van der Waals surface area contributed by atoms with Crippen LogP contribution in [0.4, 0.5) is 0 Å². The summed E-state index contributed by atoms with van der Waals surface area (Å²) in [4.78, 5) is 24.4. The van der Waals surface area contributed by atoms with Crippen LogP contribution in [-0.4, -0.2) is 11.9 Å². The van der Waals surface area contributed by atoms with E-state index >= 15 is 0 Å². The number of rotatable bonds is 8. The minimum absolute atomic E-state index is 0.344. The van der Waals surface area contributed by atoms with Gasteiger partial charge in [0, 0.05) is 5.57 Å². The normalized spacial score (nSPS) is 10.4. The molecule has 4 aromatic rings. The lowest BCUT2D eigenvalue weighted by molar-refractivity contribution is -0.130. The van der Waals surface area contributed by atoms with Crippen LogP contribution in [0.25, 0.3) is 21.9 Å². The van der Waals surface area contributed by atoms with E-state index < -0.39 is 11.9 Å². The van der Waals surface area contributed by atoms with Crippen LogP contribution in [0.2, 0.25) is 0 Å². The van der Waals surface area contributed by atoms with Crippen molar-refractivity contribution in [2.24, 2.45) is 0 Å². The van der Waals surface area contributed by atoms with Gasteiger partial charge in [0.05, 0.1) is 5.56 Å². The summed E-state index contributed by atoms with van der Waals surface area (Å²) in [6.45, 7) is 14.6. The molecule has 184 valence electrons. The lowest BCUT2D eigenvalue weighted by Gasteiger charge is -2.10. The Balaban J connectivity index is 1.43. The first kappa shape index (κ1) is 25.2. The van der Waals surface area contributed by atoms with Crippen LogP contribution in [0.3, 0.4) is 0 Å². The maximum atomic E-state index is 12.6. The monoisotopic (exact) mass is 490 g/mol. The maximum absolute atomic E-state index is 12.6. The average Bonchev–Trinajstić information content (AvgIpc) is 2.89. The largest absolute Gasteiger partial charge is 0.458 e. The van der Waals surface area contributed by atoms with E-state index in [1.807, 2.05) is 49.4 Å². The zero-order valence-electron chi connectivity index (χ0n) is 20.7. The summed E-state index contributed by atoms with van der Waals surface area (Å²) in [6.07, 6.45) is 0. The summed E-state index contributed by atoms with van der Waals surface area (Å²) in [5, 5.41) is 1.94. The Morgan fingerprint density at radius 2 is 1.11 bits per heavy atom. The van der Waals surface area contributed by atoms with Crippen molar-refractivity contribution in [2.75, 3.05) is 0 Å². The van der Waals surface area contributed by atoms with Crippen LogP contribution in [0.1, 0.15) is 24.2 Å². The maximum Gasteiger partial charge on any atom is 0.343 e. The summed E-state index contributed by atoms with van der Waals surface area (Å²) in [6, 6.07) is 25.4. The molecular formula is C32H26O5. The number of carbonyl (C=O) groups excluding carboxylic acids is 2. The third-order valence-electron chi connectivity index (χ3n) is 5.58. The molecule has 0 atom stereocenters. The standard InChI is InChI=1S/C32H26O5/c1-20(2)22(5)35-28-14-16-29(17-15-28)36-32(34)24-8-6-23(7-9-24)25-10-11-27-19-30(13-12-26(27)18-25)37-31(33)21(3)4/h6-19H,1,3,5H2,2,4H3. The Morgan fingerprint density at radius 3 is 1.73 bits per heavy atom. The van der Waals surface area contributed by atoms with E-state index in [9.17, 15) is 9.59 Å². The summed E-state index contributed by atoms with van der Waals surface area (Å²) in [7, 11) is 0. The highest BCUT2D eigenvalue weighted by Gasteiger charge is 2.11. The van der Waals surface area contributed by atoms with E-state index in [1.165, 1.54) is 0 Å². The minimum atomic E-state index is -0.457. The predicted molar refractivity (Wildman–Crippen MR) is 146 cm³/mol. The van der Waals surface area contributed by atoms with Crippen LogP contribution in [0.15, 0.2) is 122 Å². The number of carbonyl (C=O) groups is 2. The molecule has 0 amide bonds. The zero-order chi connectivity index (χ0) is 26.5. The van der Waals surface area contributed by atoms with Crippen LogP contribution in [0.5, 0.6) is 17.2 Å². The summed E-state index contributed by atoms with van der Waals surface area (Å²) >= 11 is 0. The molecule has 0 unspecified atom stereocenters. The van der Waals surface area contributed by atoms with Gasteiger partial charge >= 0.3 is 11.9 Å². The molecule has 37 heavy (non-hydrogen) atoms. The van der Waals surface area contributed by atoms with Crippen molar-refractivity contribution in [3.05, 3.63) is 127 Å². The molecule has 0 saturated carbocycles. The highest BCUT2D eigenvalue weighted by atomic mass is 16.5. The van der Waals surface area contributed by atoms with Gasteiger partial charge in [0.15, 0.2) is 0 Å². The summed E-state index contributed by atoms with van der Waals surface area (Å²) < 4.78 is 16.4. The molecule has 0 aromatic heterocycles. The second kappa shape index (κ2) is 10.8. The van der Waals surface area contributed by atoms with Crippen LogP contribution in [0, 0.1) is 0 Å². The van der Waals surface area contributed by atoms with Gasteiger partial charge in [-0.05, 0) is 95.9 Å². The Hall–Kier alpha value is -4.90. The molecule has 0 radical (unpaired) electrons. The first-order valence-electron chi connectivity index (χ1n) is 11.6. The van der Waals surface area contributed by atoms with Crippen LogP contribution in [-0.2, 0) is 4.79 Å². The molecule has 4 aromatic carbocycles. The van der Waals surface area contributed by atoms with Crippen LogP contribution >= 0.6 is 0 Å². The van der Waals surface area contributed by atoms with E-state index in [-0.39, 0.29) is 0 Å². The molecule has 5 nitrogen and oxygen atoms in total. The summed E-state index contributed by atoms with van der Waals surface area (Å²) in [5.41, 5.74) is 3.46. The SMILES string of the molecule is C=C(C)C(=C)Oc1ccc(OC(=O)c2ccc(-c3ccc4cc(OC(=O)C(=C)C)ccc4c3)cc2)cc1. The molecule has 0 fully saturated rings. The first-order valence-corrected chi connectivity index (χ1v) is 11.6. The van der Waals surface area contributed by atoms with E-state index in [4.69, 9.17) is 14.2 Å². The molecule has 5 heteroatoms. The predicted octanol–water partition coefficient (Wildman–Crippen LogP) is 7.68. The minimum Gasteiger partial charge on any atom is -0.458 e. The molecule has 0 aliphatic rings. The molecule has 0 saturated heterocycles. The van der Waals surface area contributed by atoms with Gasteiger partial charge in [-0.2, -0.15) is 0 Å². The van der Waals surface area contributed by atoms with Crippen molar-refractivity contribution in [3.63, 3.8) is 0 Å². The molecule has 0 aliphatic heterocycles. The van der Waals surface area contributed by atoms with Gasteiger partial charge in [0.2, 0.25) is 0 Å². The highest BCUT2D eigenvalue weighted by Crippen LogP contribution is 2.28. The third-order valence-corrected chi connectivity index (χ3v) is 5.58. The van der Waals surface area contributed by atoms with E-state index in [1.54, 1.807) is 49.4 Å². The van der Waals surface area contributed by atoms with Crippen molar-refractivity contribution < 1.29 is 23.8 Å². The van der Waals surface area contributed by atoms with Gasteiger partial charge in [0.1, 0.15) is 23.0 Å². The molecular weight excluding hydrogens is 464 g/mol. The van der Waals surface area contributed by atoms with Gasteiger partial charge in [-0.25, -0.2) is 9.59 Å². The van der Waals surface area contributed by atoms with E-state index in [0.717, 1.165) is 27.5 Å². The highest BCUT2D eigenvalue weighted by molar-refractivity contribution is 5.93. The number of hydrogen-bond donors (Lipinski definition) is 0. The molecule has 0 aliphatic carbocycles. The van der Waals surface area contributed by atoms with E-state index in [0.29, 0.717) is 34.1 Å². The second-order valence-corrected chi connectivity index (χ2v) is 8.64. The molecule has 0 heterocycles. The van der Waals surface area contributed by atoms with Gasteiger partial charge in [-0.1, -0.05) is 50.1 Å². The van der Waals surface area contributed by atoms with Crippen molar-refractivity contribution in [2.45, 2.75) is 13.8 Å². The summed E-state index contributed by atoms with van der Waals surface area (Å²) in [5.74, 6) is 1.02. The number of allylic oxidation sites excluding steroid dienone is 1. The van der Waals surface area contributed by atoms with Gasteiger partial charge in [0.25, 0.3) is 0 Å². The molecule has 4 rings (SSSR count). The number of fused-ring (bicyclic) bond motifs is 1. The van der Waals surface area contributed by atoms with Gasteiger partial charge < -0.3 is 14.2 Å². The number of benzene rings is 4. The van der Waals surface area contributed by atoms with Gasteiger partial charge in [-0.3, -0.25) is 0 Å². The number of esters is 2. The van der Waals surface area contributed by atoms with Gasteiger partial charge in [-0.15, -0.1) is 0 Å². The van der Waals surface area contributed by atoms with Crippen molar-refractivity contribution >= 4 is 22.7 Å². The number of hydrogen-bond acceptors (Lipinski definition) is 5. The second-order valence-electron chi connectivity index (χ2n) is 8.64. The molecule has 0 N–H and O–H groups in total. The van der Waals surface area contributed by atoms with Crippen molar-refractivity contribution in [3.8, 4) is 28.4 Å². The Labute approximate surface area is 215 Å². The molecule has 0 spiro atoms. The Kier molecular flexibility index (Phi) is 7.35. The van der Waals surface area contributed by atoms with Crippen molar-refractivity contribution in [1.29, 1.82) is 0 Å². The lowest BCUT2D eigenvalue weighted by Crippen LogP contribution is -2.08. The Morgan fingerprint density at radius 1 is 0.568 bits per heavy atom. The molecule has 0 bridgehead atoms. The Bertz CT molecular complexity index is 1530. The van der Waals surface area contributed by atoms with Crippen molar-refractivity contribution in [1.82, 2.24) is 0 Å². The smallest absolute Gasteiger partial charge is 0.343 e. The lowest BCUT2D eigenvalue weighted by atomic mass is 10.00. The quantitative estimate of drug-likeness (QED) is 0.0833. The average molecular weight is 491 g/mol. The fraction of sp³-hybridized carbons (Fsp3) is 0.0625. The first-order chi connectivity index (χ1) is 17.7. The van der Waals surface area contributed by atoms with E-state index in [2.05, 4.69) is 19.7 Å². The topological polar surface area (TPSA) is 61.8 Å². The zero-order valence-corrected chi connectivity index (χ0v) is 20.7. The number of ether oxygens (including phenoxy) is 3. The van der Waals surface area contributed by atoms with Crippen LogP contribution < -0.4 is 14.2 Å². The fourth-order valence-electron chi connectivity index (χ4n) is 3.43. The third kappa shape index (κ3) is 6.21. The fourth-order valence-corrected chi connectivity index (χ4v) is 3.43.